The van der Waals surface area contributed by atoms with Crippen molar-refractivity contribution in [3.05, 3.63) is 11.9 Å². The van der Waals surface area contributed by atoms with E-state index in [0.717, 1.165) is 5.69 Å². The maximum atomic E-state index is 12.8. The van der Waals surface area contributed by atoms with Crippen molar-refractivity contribution < 1.29 is 23.8 Å². The van der Waals surface area contributed by atoms with E-state index < -0.39 is 11.1 Å². The van der Waals surface area contributed by atoms with E-state index >= 15 is 0 Å². The molecule has 1 aromatic heterocycles. The molecule has 2 rings (SSSR count). The minimum atomic E-state index is -0.969. The Bertz CT molecular complexity index is 682. The van der Waals surface area contributed by atoms with Gasteiger partial charge in [-0.3, -0.25) is 0 Å². The van der Waals surface area contributed by atoms with E-state index in [1.807, 2.05) is 34.6 Å². The number of esters is 1. The van der Waals surface area contributed by atoms with E-state index in [2.05, 4.69) is 5.10 Å². The number of likely N-dealkylation sites (tertiary alicyclic amines) is 1. The number of methoxy groups -OCH3 is 2. The second-order valence-corrected chi connectivity index (χ2v) is 8.16. The predicted molar refractivity (Wildman–Crippen MR) is 99.9 cm³/mol. The highest BCUT2D eigenvalue weighted by molar-refractivity contribution is 5.79. The summed E-state index contributed by atoms with van der Waals surface area (Å²) in [5.41, 5.74) is -0.689. The predicted octanol–water partition coefficient (Wildman–Crippen LogP) is 2.91. The summed E-state index contributed by atoms with van der Waals surface area (Å²) in [6, 6.07) is 0. The molecule has 152 valence electrons. The molecule has 1 saturated heterocycles. The zero-order chi connectivity index (χ0) is 20.4. The lowest BCUT2D eigenvalue weighted by atomic mass is 9.86. The van der Waals surface area contributed by atoms with Crippen molar-refractivity contribution in [3.63, 3.8) is 0 Å². The van der Waals surface area contributed by atoms with Crippen LogP contribution in [0.2, 0.25) is 0 Å². The van der Waals surface area contributed by atoms with Crippen molar-refractivity contribution in [1.29, 1.82) is 0 Å². The number of carbonyl (C=O) groups is 2. The molecular formula is C19H31N3O5. The van der Waals surface area contributed by atoms with Crippen LogP contribution in [-0.2, 0) is 19.8 Å². The van der Waals surface area contributed by atoms with Crippen LogP contribution in [0, 0.1) is 0 Å². The summed E-state index contributed by atoms with van der Waals surface area (Å²) in [5, 5.41) is 4.46. The molecule has 1 fully saturated rings. The Morgan fingerprint density at radius 1 is 1.19 bits per heavy atom. The van der Waals surface area contributed by atoms with Gasteiger partial charge >= 0.3 is 12.1 Å². The molecule has 0 N–H and O–H groups in total. The van der Waals surface area contributed by atoms with E-state index in [4.69, 9.17) is 14.2 Å². The van der Waals surface area contributed by atoms with Gasteiger partial charge in [0.2, 0.25) is 0 Å². The third kappa shape index (κ3) is 4.20. The Balaban J connectivity index is 2.33. The molecule has 0 radical (unpaired) electrons. The molecule has 0 spiro atoms. The maximum Gasteiger partial charge on any atom is 0.410 e. The third-order valence-corrected chi connectivity index (χ3v) is 4.75. The largest absolute Gasteiger partial charge is 0.493 e. The number of nitrogens with zero attached hydrogens (tertiary/aromatic N) is 3. The van der Waals surface area contributed by atoms with Crippen molar-refractivity contribution in [3.8, 4) is 5.75 Å². The van der Waals surface area contributed by atoms with Gasteiger partial charge in [-0.05, 0) is 26.7 Å². The van der Waals surface area contributed by atoms with Crippen LogP contribution in [0.3, 0.4) is 0 Å². The van der Waals surface area contributed by atoms with Gasteiger partial charge in [0.15, 0.2) is 11.3 Å². The van der Waals surface area contributed by atoms with E-state index in [1.54, 1.807) is 22.9 Å². The first-order valence-electron chi connectivity index (χ1n) is 9.24. The molecule has 0 aromatic carbocycles. The van der Waals surface area contributed by atoms with Crippen LogP contribution < -0.4 is 4.74 Å². The zero-order valence-corrected chi connectivity index (χ0v) is 17.4. The smallest absolute Gasteiger partial charge is 0.410 e. The lowest BCUT2D eigenvalue weighted by Gasteiger charge is -2.41. The third-order valence-electron chi connectivity index (χ3n) is 4.75. The number of carbonyl (C=O) groups excluding carboxylic acids is 2. The number of aromatic nitrogens is 2. The fourth-order valence-corrected chi connectivity index (χ4v) is 3.45. The van der Waals surface area contributed by atoms with Crippen molar-refractivity contribution in [2.45, 2.75) is 64.5 Å². The molecular weight excluding hydrogens is 350 g/mol. The summed E-state index contributed by atoms with van der Waals surface area (Å²) in [6.07, 6.45) is 2.04. The van der Waals surface area contributed by atoms with E-state index in [0.29, 0.717) is 31.7 Å². The molecule has 27 heavy (non-hydrogen) atoms. The highest BCUT2D eigenvalue weighted by Gasteiger charge is 2.48. The second kappa shape index (κ2) is 7.78. The standard InChI is InChI=1S/C19H31N3O5/c1-13(2)15-14(25-6)12-20-22(15)19(16(23)26-7)8-10-21(11-9-19)17(24)27-18(3,4)5/h12-13H,8-11H2,1-7H3. The van der Waals surface area contributed by atoms with Gasteiger partial charge < -0.3 is 19.1 Å². The summed E-state index contributed by atoms with van der Waals surface area (Å²) >= 11 is 0. The van der Waals surface area contributed by atoms with Crippen LogP contribution in [0.15, 0.2) is 6.20 Å². The summed E-state index contributed by atoms with van der Waals surface area (Å²) in [5.74, 6) is 0.384. The fourth-order valence-electron chi connectivity index (χ4n) is 3.45. The highest BCUT2D eigenvalue weighted by Crippen LogP contribution is 2.37. The first-order valence-corrected chi connectivity index (χ1v) is 9.24. The first-order chi connectivity index (χ1) is 12.6. The van der Waals surface area contributed by atoms with E-state index in [1.165, 1.54) is 7.11 Å². The Hall–Kier alpha value is -2.25. The van der Waals surface area contributed by atoms with Crippen molar-refractivity contribution in [2.75, 3.05) is 27.3 Å². The molecule has 1 aliphatic rings. The van der Waals surface area contributed by atoms with Crippen LogP contribution in [0.25, 0.3) is 0 Å². The molecule has 0 aliphatic carbocycles. The first kappa shape index (κ1) is 21.1. The highest BCUT2D eigenvalue weighted by atomic mass is 16.6. The maximum absolute atomic E-state index is 12.8. The van der Waals surface area contributed by atoms with Crippen molar-refractivity contribution >= 4 is 12.1 Å². The molecule has 1 amide bonds. The number of hydrogen-bond acceptors (Lipinski definition) is 6. The Labute approximate surface area is 160 Å². The van der Waals surface area contributed by atoms with Gasteiger partial charge in [0.1, 0.15) is 5.60 Å². The summed E-state index contributed by atoms with van der Waals surface area (Å²) in [4.78, 5) is 26.8. The molecule has 8 heteroatoms. The lowest BCUT2D eigenvalue weighted by molar-refractivity contribution is -0.155. The Morgan fingerprint density at radius 2 is 1.78 bits per heavy atom. The van der Waals surface area contributed by atoms with Crippen molar-refractivity contribution in [2.24, 2.45) is 0 Å². The molecule has 0 bridgehead atoms. The Kier molecular flexibility index (Phi) is 6.07. The summed E-state index contributed by atoms with van der Waals surface area (Å²) in [6.45, 7) is 10.3. The number of piperidine rings is 1. The molecule has 2 heterocycles. The second-order valence-electron chi connectivity index (χ2n) is 8.16. The zero-order valence-electron chi connectivity index (χ0n) is 17.4. The number of amides is 1. The van der Waals surface area contributed by atoms with Gasteiger partial charge in [-0.2, -0.15) is 5.10 Å². The van der Waals surface area contributed by atoms with Gasteiger partial charge in [-0.1, -0.05) is 13.8 Å². The molecule has 0 atom stereocenters. The quantitative estimate of drug-likeness (QED) is 0.746. The number of ether oxygens (including phenoxy) is 3. The van der Waals surface area contributed by atoms with Gasteiger partial charge in [0.05, 0.1) is 26.1 Å². The van der Waals surface area contributed by atoms with Crippen LogP contribution in [0.1, 0.15) is 59.1 Å². The molecule has 0 unspecified atom stereocenters. The molecule has 1 aliphatic heterocycles. The van der Waals surface area contributed by atoms with Gasteiger partial charge in [-0.25, -0.2) is 14.3 Å². The number of rotatable bonds is 4. The fraction of sp³-hybridized carbons (Fsp3) is 0.737. The van der Waals surface area contributed by atoms with Crippen LogP contribution in [0.5, 0.6) is 5.75 Å². The number of hydrogen-bond donors (Lipinski definition) is 0. The van der Waals surface area contributed by atoms with Crippen LogP contribution >= 0.6 is 0 Å². The summed E-state index contributed by atoms with van der Waals surface area (Å²) in [7, 11) is 2.96. The molecule has 1 aromatic rings. The normalized spacial score (nSPS) is 17.0. The average molecular weight is 381 g/mol. The van der Waals surface area contributed by atoms with Gasteiger partial charge in [0, 0.05) is 25.9 Å². The minimum Gasteiger partial charge on any atom is -0.493 e. The summed E-state index contributed by atoms with van der Waals surface area (Å²) < 4.78 is 17.7. The van der Waals surface area contributed by atoms with E-state index in [9.17, 15) is 9.59 Å². The topological polar surface area (TPSA) is 82.9 Å². The van der Waals surface area contributed by atoms with Gasteiger partial charge in [0.25, 0.3) is 0 Å². The molecule has 8 nitrogen and oxygen atoms in total. The van der Waals surface area contributed by atoms with Crippen LogP contribution in [-0.4, -0.2) is 59.7 Å². The van der Waals surface area contributed by atoms with E-state index in [-0.39, 0.29) is 18.0 Å². The molecule has 0 saturated carbocycles. The average Bonchev–Trinajstić information content (AvgIpc) is 3.04. The lowest BCUT2D eigenvalue weighted by Crippen LogP contribution is -2.54. The minimum absolute atomic E-state index is 0.105. The monoisotopic (exact) mass is 381 g/mol. The SMILES string of the molecule is COC(=O)C1(n2ncc(OC)c2C(C)C)CCN(C(=O)OC(C)(C)C)CC1. The van der Waals surface area contributed by atoms with Crippen LogP contribution in [0.4, 0.5) is 4.79 Å². The van der Waals surface area contributed by atoms with Gasteiger partial charge in [-0.15, -0.1) is 0 Å². The Morgan fingerprint density at radius 3 is 2.22 bits per heavy atom. The van der Waals surface area contributed by atoms with Crippen molar-refractivity contribution in [1.82, 2.24) is 14.7 Å².